The lowest BCUT2D eigenvalue weighted by molar-refractivity contribution is 0.166. The first-order valence-corrected chi connectivity index (χ1v) is 10.7. The van der Waals surface area contributed by atoms with Crippen molar-refractivity contribution in [3.8, 4) is 11.3 Å². The fourth-order valence-electron chi connectivity index (χ4n) is 4.11. The van der Waals surface area contributed by atoms with E-state index in [0.717, 1.165) is 50.4 Å². The van der Waals surface area contributed by atoms with Gasteiger partial charge < -0.3 is 0 Å². The highest BCUT2D eigenvalue weighted by atomic mass is 16.1. The van der Waals surface area contributed by atoms with Crippen LogP contribution in [0.25, 0.3) is 11.3 Å². The van der Waals surface area contributed by atoms with Crippen LogP contribution in [-0.2, 0) is 13.1 Å². The molecule has 1 aliphatic heterocycles. The second kappa shape index (κ2) is 8.44. The second-order valence-electron chi connectivity index (χ2n) is 8.44. The number of rotatable bonds is 6. The number of hydrogen-bond donors (Lipinski definition) is 0. The van der Waals surface area contributed by atoms with Crippen molar-refractivity contribution in [3.05, 3.63) is 71.1 Å². The zero-order valence-electron chi connectivity index (χ0n) is 17.0. The normalized spacial score (nSPS) is 17.9. The molecule has 1 aliphatic carbocycles. The molecular formula is C23H26N6O. The van der Waals surface area contributed by atoms with Gasteiger partial charge in [0.1, 0.15) is 5.82 Å². The lowest BCUT2D eigenvalue weighted by Crippen LogP contribution is -2.36. The van der Waals surface area contributed by atoms with E-state index in [1.807, 2.05) is 24.5 Å². The summed E-state index contributed by atoms with van der Waals surface area (Å²) in [5.74, 6) is 2.11. The Morgan fingerprint density at radius 1 is 0.967 bits per heavy atom. The van der Waals surface area contributed by atoms with Crippen molar-refractivity contribution < 1.29 is 0 Å². The van der Waals surface area contributed by atoms with Gasteiger partial charge in [-0.25, -0.2) is 15.0 Å². The molecule has 7 heteroatoms. The number of aromatic nitrogens is 5. The number of nitrogens with zero attached hydrogens (tertiary/aromatic N) is 6. The molecule has 3 aromatic rings. The van der Waals surface area contributed by atoms with Gasteiger partial charge in [0.25, 0.3) is 5.56 Å². The summed E-state index contributed by atoms with van der Waals surface area (Å²) in [6, 6.07) is 5.36. The van der Waals surface area contributed by atoms with E-state index in [9.17, 15) is 4.79 Å². The highest BCUT2D eigenvalue weighted by Crippen LogP contribution is 2.37. The van der Waals surface area contributed by atoms with Gasteiger partial charge in [0.15, 0.2) is 0 Å². The summed E-state index contributed by atoms with van der Waals surface area (Å²) < 4.78 is 1.75. The average Bonchev–Trinajstić information content (AvgIpc) is 3.63. The Morgan fingerprint density at radius 3 is 2.37 bits per heavy atom. The molecule has 1 saturated heterocycles. The lowest BCUT2D eigenvalue weighted by Gasteiger charge is -2.32. The fraction of sp³-hybridized carbons (Fsp3) is 0.435. The van der Waals surface area contributed by atoms with E-state index in [0.29, 0.717) is 17.5 Å². The van der Waals surface area contributed by atoms with Crippen LogP contribution in [0.15, 0.2) is 54.1 Å². The van der Waals surface area contributed by atoms with Gasteiger partial charge in [0.05, 0.1) is 12.0 Å². The molecule has 0 amide bonds. The molecule has 0 N–H and O–H groups in total. The monoisotopic (exact) mass is 402 g/mol. The summed E-state index contributed by atoms with van der Waals surface area (Å²) in [4.78, 5) is 32.6. The SMILES string of the molecule is O=c1cc(-c2ccncc2)ncn1CC1CCN(Cc2cnc(C3CC3)nc2)CC1. The summed E-state index contributed by atoms with van der Waals surface area (Å²) in [6.07, 6.45) is 13.7. The Balaban J connectivity index is 1.15. The van der Waals surface area contributed by atoms with Gasteiger partial charge in [-0.15, -0.1) is 0 Å². The van der Waals surface area contributed by atoms with Gasteiger partial charge in [-0.05, 0) is 56.8 Å². The minimum absolute atomic E-state index is 0.00661. The van der Waals surface area contributed by atoms with E-state index >= 15 is 0 Å². The minimum atomic E-state index is 0.00661. The Hall–Kier alpha value is -2.93. The van der Waals surface area contributed by atoms with E-state index in [2.05, 4.69) is 24.8 Å². The zero-order valence-corrected chi connectivity index (χ0v) is 17.0. The van der Waals surface area contributed by atoms with E-state index in [4.69, 9.17) is 0 Å². The van der Waals surface area contributed by atoms with Crippen LogP contribution in [0.4, 0.5) is 0 Å². The van der Waals surface area contributed by atoms with Crippen LogP contribution < -0.4 is 5.56 Å². The van der Waals surface area contributed by atoms with Crippen molar-refractivity contribution >= 4 is 0 Å². The van der Waals surface area contributed by atoms with Crippen molar-refractivity contribution in [1.29, 1.82) is 0 Å². The van der Waals surface area contributed by atoms with Gasteiger partial charge in [-0.2, -0.15) is 0 Å². The molecule has 7 nitrogen and oxygen atoms in total. The van der Waals surface area contributed by atoms with E-state index in [-0.39, 0.29) is 5.56 Å². The summed E-state index contributed by atoms with van der Waals surface area (Å²) >= 11 is 0. The third-order valence-corrected chi connectivity index (χ3v) is 6.09. The molecule has 0 bridgehead atoms. The van der Waals surface area contributed by atoms with Crippen LogP contribution in [0, 0.1) is 5.92 Å². The number of likely N-dealkylation sites (tertiary alicyclic amines) is 1. The highest BCUT2D eigenvalue weighted by molar-refractivity contribution is 5.57. The first kappa shape index (κ1) is 19.1. The van der Waals surface area contributed by atoms with E-state index < -0.39 is 0 Å². The highest BCUT2D eigenvalue weighted by Gasteiger charge is 2.26. The van der Waals surface area contributed by atoms with Gasteiger partial charge in [0.2, 0.25) is 0 Å². The predicted octanol–water partition coefficient (Wildman–Crippen LogP) is 2.88. The Bertz CT molecular complexity index is 1040. The smallest absolute Gasteiger partial charge is 0.253 e. The maximum atomic E-state index is 12.6. The Labute approximate surface area is 175 Å². The summed E-state index contributed by atoms with van der Waals surface area (Å²) in [5.41, 5.74) is 2.80. The van der Waals surface area contributed by atoms with Gasteiger partial charge in [-0.3, -0.25) is 19.2 Å². The Morgan fingerprint density at radius 2 is 1.70 bits per heavy atom. The molecule has 1 saturated carbocycles. The summed E-state index contributed by atoms with van der Waals surface area (Å²) in [7, 11) is 0. The third-order valence-electron chi connectivity index (χ3n) is 6.09. The molecule has 30 heavy (non-hydrogen) atoms. The number of piperidine rings is 1. The summed E-state index contributed by atoms with van der Waals surface area (Å²) in [6.45, 7) is 3.70. The molecule has 154 valence electrons. The van der Waals surface area contributed by atoms with Crippen molar-refractivity contribution in [2.24, 2.45) is 5.92 Å². The van der Waals surface area contributed by atoms with Crippen molar-refractivity contribution in [2.45, 2.75) is 44.7 Å². The largest absolute Gasteiger partial charge is 0.299 e. The minimum Gasteiger partial charge on any atom is -0.299 e. The van der Waals surface area contributed by atoms with E-state index in [1.165, 1.54) is 18.4 Å². The third kappa shape index (κ3) is 4.46. The fourth-order valence-corrected chi connectivity index (χ4v) is 4.11. The Kier molecular flexibility index (Phi) is 5.36. The first-order valence-electron chi connectivity index (χ1n) is 10.7. The number of hydrogen-bond acceptors (Lipinski definition) is 6. The lowest BCUT2D eigenvalue weighted by atomic mass is 9.96. The van der Waals surface area contributed by atoms with Crippen molar-refractivity contribution in [3.63, 3.8) is 0 Å². The molecule has 0 aromatic carbocycles. The molecule has 0 atom stereocenters. The molecule has 4 heterocycles. The molecule has 5 rings (SSSR count). The van der Waals surface area contributed by atoms with Crippen LogP contribution in [-0.4, -0.2) is 42.5 Å². The molecule has 2 aliphatic rings. The van der Waals surface area contributed by atoms with Crippen molar-refractivity contribution in [1.82, 2.24) is 29.4 Å². The molecule has 0 unspecified atom stereocenters. The van der Waals surface area contributed by atoms with Crippen LogP contribution in [0.1, 0.15) is 43.0 Å². The maximum absolute atomic E-state index is 12.6. The molecule has 0 spiro atoms. The van der Waals surface area contributed by atoms with Gasteiger partial charge >= 0.3 is 0 Å². The van der Waals surface area contributed by atoms with Crippen LogP contribution in [0.5, 0.6) is 0 Å². The maximum Gasteiger partial charge on any atom is 0.253 e. The summed E-state index contributed by atoms with van der Waals surface area (Å²) in [5, 5.41) is 0. The van der Waals surface area contributed by atoms with E-state index in [1.54, 1.807) is 29.4 Å². The molecule has 3 aromatic heterocycles. The second-order valence-corrected chi connectivity index (χ2v) is 8.44. The van der Waals surface area contributed by atoms with Crippen molar-refractivity contribution in [2.75, 3.05) is 13.1 Å². The van der Waals surface area contributed by atoms with Gasteiger partial charge in [-0.1, -0.05) is 0 Å². The first-order chi connectivity index (χ1) is 14.7. The van der Waals surface area contributed by atoms with Gasteiger partial charge in [0, 0.05) is 61.0 Å². The zero-order chi connectivity index (χ0) is 20.3. The predicted molar refractivity (Wildman–Crippen MR) is 114 cm³/mol. The molecule has 0 radical (unpaired) electrons. The van der Waals surface area contributed by atoms with Crippen LogP contribution >= 0.6 is 0 Å². The standard InChI is InChI=1S/C23H26N6O/c30-22-11-21(19-3-7-24-8-4-19)27-16-29(22)15-17-5-9-28(10-6-17)14-18-12-25-23(26-13-18)20-1-2-20/h3-4,7-8,11-13,16-17,20H,1-2,5-6,9-10,14-15H2. The topological polar surface area (TPSA) is 76.8 Å². The number of pyridine rings is 1. The molecule has 2 fully saturated rings. The average molecular weight is 403 g/mol. The molecular weight excluding hydrogens is 376 g/mol. The van der Waals surface area contributed by atoms with Crippen LogP contribution in [0.2, 0.25) is 0 Å². The van der Waals surface area contributed by atoms with Crippen LogP contribution in [0.3, 0.4) is 0 Å². The quantitative estimate of drug-likeness (QED) is 0.631.